The maximum Gasteiger partial charge on any atom is 0.225 e. The van der Waals surface area contributed by atoms with Crippen LogP contribution in [0.2, 0.25) is 0 Å². The van der Waals surface area contributed by atoms with Gasteiger partial charge in [0.05, 0.1) is 6.10 Å². The summed E-state index contributed by atoms with van der Waals surface area (Å²) in [6.07, 6.45) is 2.71. The first-order chi connectivity index (χ1) is 11.2. The van der Waals surface area contributed by atoms with Crippen molar-refractivity contribution in [3.8, 4) is 0 Å². The molecule has 0 spiro atoms. The lowest BCUT2D eigenvalue weighted by Crippen LogP contribution is -2.71. The molecule has 1 heterocycles. The molecule has 146 valence electrons. The summed E-state index contributed by atoms with van der Waals surface area (Å²) in [6, 6.07) is 0.373. The number of fused-ring (bicyclic) bond motifs is 1. The molecule has 0 radical (unpaired) electrons. The third-order valence-electron chi connectivity index (χ3n) is 5.23. The predicted molar refractivity (Wildman–Crippen MR) is 112 cm³/mol. The molecule has 1 aliphatic carbocycles. The highest BCUT2D eigenvalue weighted by Gasteiger charge is 2.58. The summed E-state index contributed by atoms with van der Waals surface area (Å²) in [5, 5.41) is 9.79. The van der Waals surface area contributed by atoms with Crippen LogP contribution in [0.1, 0.15) is 47.5 Å². The van der Waals surface area contributed by atoms with Crippen LogP contribution in [-0.4, -0.2) is 50.8 Å². The van der Waals surface area contributed by atoms with E-state index in [1.165, 1.54) is 6.42 Å². The van der Waals surface area contributed by atoms with E-state index in [2.05, 4.69) is 34.8 Å². The molecule has 1 saturated heterocycles. The molecule has 0 aromatic rings. The largest absolute Gasteiger partial charge is 0.377 e. The van der Waals surface area contributed by atoms with E-state index in [1.54, 1.807) is 7.05 Å². The number of rotatable bonds is 4. The van der Waals surface area contributed by atoms with Crippen LogP contribution in [0.5, 0.6) is 0 Å². The van der Waals surface area contributed by atoms with Crippen LogP contribution >= 0.6 is 24.0 Å². The van der Waals surface area contributed by atoms with Gasteiger partial charge in [0.1, 0.15) is 0 Å². The topological polar surface area (TPSA) is 74.8 Å². The van der Waals surface area contributed by atoms with E-state index in [0.717, 1.165) is 19.0 Å². The van der Waals surface area contributed by atoms with E-state index in [4.69, 9.17) is 4.74 Å². The molecule has 0 aromatic heterocycles. The Labute approximate surface area is 169 Å². The van der Waals surface area contributed by atoms with Gasteiger partial charge in [0, 0.05) is 49.5 Å². The number of guanidine groups is 1. The number of hydrogen-bond acceptors (Lipinski definition) is 3. The second-order valence-corrected chi connectivity index (χ2v) is 8.55. The van der Waals surface area contributed by atoms with Crippen molar-refractivity contribution < 1.29 is 9.53 Å². The Hall–Kier alpha value is -0.570. The Kier molecular flexibility index (Phi) is 7.98. The monoisotopic (exact) mass is 466 g/mol. The summed E-state index contributed by atoms with van der Waals surface area (Å²) in [7, 11) is 1.78. The third-order valence-corrected chi connectivity index (χ3v) is 5.23. The fourth-order valence-corrected chi connectivity index (χ4v) is 3.78. The van der Waals surface area contributed by atoms with Crippen molar-refractivity contribution in [2.75, 3.05) is 26.7 Å². The van der Waals surface area contributed by atoms with E-state index >= 15 is 0 Å². The number of ether oxygens (including phenoxy) is 1. The number of halogens is 1. The SMILES string of the molecule is CN=C(NCCNC(=O)C(C)(C)C)NC1C2CCCOC2C1(C)C.I. The second kappa shape index (κ2) is 8.88. The molecule has 25 heavy (non-hydrogen) atoms. The standard InChI is InChI=1S/C18H34N4O2.HI/c1-17(2,3)15(23)20-9-10-21-16(19-6)22-13-12-8-7-11-24-14(12)18(13,4)5;/h12-14H,7-11H2,1-6H3,(H,20,23)(H2,19,21,22);1H. The number of carbonyl (C=O) groups is 1. The second-order valence-electron chi connectivity index (χ2n) is 8.55. The molecule has 2 rings (SSSR count). The van der Waals surface area contributed by atoms with E-state index < -0.39 is 0 Å². The molecule has 2 fully saturated rings. The van der Waals surface area contributed by atoms with Gasteiger partial charge in [0.15, 0.2) is 5.96 Å². The maximum absolute atomic E-state index is 11.9. The summed E-state index contributed by atoms with van der Waals surface area (Å²) in [5.74, 6) is 1.42. The number of nitrogens with one attached hydrogen (secondary N) is 3. The number of aliphatic imine (C=N–C) groups is 1. The fourth-order valence-electron chi connectivity index (χ4n) is 3.78. The van der Waals surface area contributed by atoms with Gasteiger partial charge in [0.25, 0.3) is 0 Å². The highest BCUT2D eigenvalue weighted by atomic mass is 127. The van der Waals surface area contributed by atoms with E-state index in [1.807, 2.05) is 20.8 Å². The summed E-state index contributed by atoms with van der Waals surface area (Å²) in [4.78, 5) is 16.2. The highest BCUT2D eigenvalue weighted by molar-refractivity contribution is 14.0. The maximum atomic E-state index is 11.9. The molecule has 2 aliphatic rings. The number of hydrogen-bond donors (Lipinski definition) is 3. The van der Waals surface area contributed by atoms with Gasteiger partial charge in [-0.15, -0.1) is 24.0 Å². The van der Waals surface area contributed by atoms with Crippen LogP contribution in [0.3, 0.4) is 0 Å². The molecule has 1 saturated carbocycles. The minimum atomic E-state index is -0.355. The molecular formula is C18H35IN4O2. The molecule has 1 amide bonds. The Morgan fingerprint density at radius 1 is 1.24 bits per heavy atom. The normalized spacial score (nSPS) is 28.1. The lowest BCUT2D eigenvalue weighted by atomic mass is 9.55. The van der Waals surface area contributed by atoms with Gasteiger partial charge in [0.2, 0.25) is 5.91 Å². The van der Waals surface area contributed by atoms with E-state index in [-0.39, 0.29) is 40.7 Å². The lowest BCUT2D eigenvalue weighted by molar-refractivity contribution is -0.188. The van der Waals surface area contributed by atoms with Crippen LogP contribution in [0.4, 0.5) is 0 Å². The predicted octanol–water partition coefficient (Wildman–Crippen LogP) is 2.14. The molecule has 6 nitrogen and oxygen atoms in total. The zero-order valence-corrected chi connectivity index (χ0v) is 18.8. The average molecular weight is 466 g/mol. The van der Waals surface area contributed by atoms with Gasteiger partial charge in [-0.3, -0.25) is 9.79 Å². The Morgan fingerprint density at radius 2 is 1.88 bits per heavy atom. The van der Waals surface area contributed by atoms with Gasteiger partial charge in [-0.25, -0.2) is 0 Å². The van der Waals surface area contributed by atoms with Crippen molar-refractivity contribution in [3.05, 3.63) is 0 Å². The molecular weight excluding hydrogens is 431 g/mol. The molecule has 0 bridgehead atoms. The van der Waals surface area contributed by atoms with Gasteiger partial charge in [-0.2, -0.15) is 0 Å². The Balaban J connectivity index is 0.00000312. The van der Waals surface area contributed by atoms with Gasteiger partial charge in [-0.1, -0.05) is 34.6 Å². The summed E-state index contributed by atoms with van der Waals surface area (Å²) < 4.78 is 5.95. The zero-order valence-electron chi connectivity index (χ0n) is 16.4. The Morgan fingerprint density at radius 3 is 2.48 bits per heavy atom. The molecule has 3 N–H and O–H groups in total. The summed E-state index contributed by atoms with van der Waals surface area (Å²) in [6.45, 7) is 12.4. The van der Waals surface area contributed by atoms with Crippen molar-refractivity contribution in [1.29, 1.82) is 0 Å². The molecule has 3 unspecified atom stereocenters. The van der Waals surface area contributed by atoms with Crippen molar-refractivity contribution in [3.63, 3.8) is 0 Å². The van der Waals surface area contributed by atoms with Crippen molar-refractivity contribution in [2.24, 2.45) is 21.7 Å². The Bertz CT molecular complexity index is 488. The minimum absolute atomic E-state index is 0. The molecule has 7 heteroatoms. The number of nitrogens with zero attached hydrogens (tertiary/aromatic N) is 1. The molecule has 3 atom stereocenters. The van der Waals surface area contributed by atoms with Crippen LogP contribution in [0, 0.1) is 16.7 Å². The first-order valence-electron chi connectivity index (χ1n) is 9.05. The smallest absolute Gasteiger partial charge is 0.225 e. The van der Waals surface area contributed by atoms with Gasteiger partial charge >= 0.3 is 0 Å². The number of amides is 1. The van der Waals surface area contributed by atoms with Crippen LogP contribution < -0.4 is 16.0 Å². The number of carbonyl (C=O) groups excluding carboxylic acids is 1. The minimum Gasteiger partial charge on any atom is -0.377 e. The highest BCUT2D eigenvalue weighted by Crippen LogP contribution is 2.51. The summed E-state index contributed by atoms with van der Waals surface area (Å²) in [5.41, 5.74) is -0.241. The van der Waals surface area contributed by atoms with E-state index in [9.17, 15) is 4.79 Å². The van der Waals surface area contributed by atoms with Crippen LogP contribution in [0.25, 0.3) is 0 Å². The summed E-state index contributed by atoms with van der Waals surface area (Å²) >= 11 is 0. The molecule has 1 aliphatic heterocycles. The molecule has 0 aromatic carbocycles. The van der Waals surface area contributed by atoms with Crippen LogP contribution in [0.15, 0.2) is 4.99 Å². The van der Waals surface area contributed by atoms with E-state index in [0.29, 0.717) is 31.2 Å². The fraction of sp³-hybridized carbons (Fsp3) is 0.889. The third kappa shape index (κ3) is 5.21. The van der Waals surface area contributed by atoms with Crippen molar-refractivity contribution in [2.45, 2.75) is 59.6 Å². The van der Waals surface area contributed by atoms with Gasteiger partial charge in [-0.05, 0) is 12.8 Å². The zero-order chi connectivity index (χ0) is 18.0. The quantitative estimate of drug-likeness (QED) is 0.257. The van der Waals surface area contributed by atoms with Gasteiger partial charge < -0.3 is 20.7 Å². The average Bonchev–Trinajstić information content (AvgIpc) is 2.52. The van der Waals surface area contributed by atoms with Crippen LogP contribution in [-0.2, 0) is 9.53 Å². The first kappa shape index (κ1) is 22.5. The van der Waals surface area contributed by atoms with Crippen molar-refractivity contribution in [1.82, 2.24) is 16.0 Å². The lowest BCUT2D eigenvalue weighted by Gasteiger charge is -2.60. The van der Waals surface area contributed by atoms with Crippen molar-refractivity contribution >= 4 is 35.8 Å². The first-order valence-corrected chi connectivity index (χ1v) is 9.05.